The van der Waals surface area contributed by atoms with E-state index in [9.17, 15) is 30.8 Å². The van der Waals surface area contributed by atoms with Gasteiger partial charge in [0.05, 0.1) is 30.5 Å². The fourth-order valence-corrected chi connectivity index (χ4v) is 4.06. The van der Waals surface area contributed by atoms with E-state index in [4.69, 9.17) is 4.74 Å². The van der Waals surface area contributed by atoms with E-state index in [2.05, 4.69) is 10.0 Å². The maximum Gasteiger partial charge on any atom is 0.416 e. The van der Waals surface area contributed by atoms with Gasteiger partial charge in [0, 0.05) is 6.54 Å². The highest BCUT2D eigenvalue weighted by molar-refractivity contribution is 7.89. The number of carbonyl (C=O) groups excluding carboxylic acids is 1. The lowest BCUT2D eigenvalue weighted by Crippen LogP contribution is -2.60. The van der Waals surface area contributed by atoms with Gasteiger partial charge in [-0.15, -0.1) is 0 Å². The van der Waals surface area contributed by atoms with Gasteiger partial charge in [-0.25, -0.2) is 12.8 Å². The van der Waals surface area contributed by atoms with Gasteiger partial charge in [0.1, 0.15) is 11.6 Å². The smallest absolute Gasteiger partial charge is 0.377 e. The second kappa shape index (κ2) is 6.67. The molecule has 12 heteroatoms. The maximum absolute atomic E-state index is 13.1. The highest BCUT2D eigenvalue weighted by Gasteiger charge is 2.40. The zero-order chi connectivity index (χ0) is 19.1. The summed E-state index contributed by atoms with van der Waals surface area (Å²) in [5.74, 6) is -0.789. The van der Waals surface area contributed by atoms with Gasteiger partial charge in [-0.1, -0.05) is 0 Å². The van der Waals surface area contributed by atoms with Crippen molar-refractivity contribution < 1.29 is 35.5 Å². The first-order valence-corrected chi connectivity index (χ1v) is 9.06. The van der Waals surface area contributed by atoms with E-state index >= 15 is 0 Å². The molecule has 0 saturated carbocycles. The molecule has 26 heavy (non-hydrogen) atoms. The third-order valence-corrected chi connectivity index (χ3v) is 5.59. The van der Waals surface area contributed by atoms with Crippen molar-refractivity contribution in [1.82, 2.24) is 9.62 Å². The molecule has 2 aliphatic rings. The summed E-state index contributed by atoms with van der Waals surface area (Å²) in [5.41, 5.74) is -1.40. The minimum atomic E-state index is -4.67. The van der Waals surface area contributed by atoms with Crippen molar-refractivity contribution in [3.8, 4) is 0 Å². The summed E-state index contributed by atoms with van der Waals surface area (Å²) >= 11 is 0. The van der Waals surface area contributed by atoms with Crippen molar-refractivity contribution in [3.05, 3.63) is 23.8 Å². The Labute approximate surface area is 146 Å². The van der Waals surface area contributed by atoms with Crippen LogP contribution in [0.5, 0.6) is 0 Å². The number of hydrogen-bond donors (Lipinski definition) is 2. The molecule has 0 aliphatic carbocycles. The van der Waals surface area contributed by atoms with E-state index in [1.54, 1.807) is 0 Å². The van der Waals surface area contributed by atoms with Crippen LogP contribution in [0, 0.1) is 0 Å². The van der Waals surface area contributed by atoms with E-state index in [0.717, 1.165) is 11.0 Å². The van der Waals surface area contributed by atoms with Gasteiger partial charge in [-0.2, -0.15) is 17.9 Å². The Morgan fingerprint density at radius 3 is 2.73 bits per heavy atom. The number of amides is 1. The number of anilines is 1. The molecule has 0 bridgehead atoms. The van der Waals surface area contributed by atoms with Crippen molar-refractivity contribution in [1.29, 1.82) is 0 Å². The largest absolute Gasteiger partial charge is 0.416 e. The first-order chi connectivity index (χ1) is 12.1. The Kier molecular flexibility index (Phi) is 4.84. The van der Waals surface area contributed by atoms with Crippen LogP contribution in [0.3, 0.4) is 0 Å². The molecule has 1 saturated heterocycles. The fraction of sp³-hybridized carbons (Fsp3) is 0.500. The number of fused-ring (bicyclic) bond motifs is 1. The van der Waals surface area contributed by atoms with Gasteiger partial charge in [-0.05, 0) is 18.2 Å². The molecule has 2 aliphatic heterocycles. The van der Waals surface area contributed by atoms with Crippen LogP contribution >= 0.6 is 0 Å². The van der Waals surface area contributed by atoms with Gasteiger partial charge in [-0.3, -0.25) is 4.79 Å². The van der Waals surface area contributed by atoms with Crippen LogP contribution in [0.4, 0.5) is 23.2 Å². The Morgan fingerprint density at radius 2 is 2.08 bits per heavy atom. The Morgan fingerprint density at radius 1 is 1.35 bits per heavy atom. The number of nitrogens with one attached hydrogen (secondary N) is 2. The zero-order valence-electron chi connectivity index (χ0n) is 13.2. The lowest BCUT2D eigenvalue weighted by molar-refractivity contribution is -0.141. The topological polar surface area (TPSA) is 87.7 Å². The fourth-order valence-electron chi connectivity index (χ4n) is 2.81. The third-order valence-electron chi connectivity index (χ3n) is 4.10. The molecule has 2 heterocycles. The number of carbonyl (C=O) groups is 1. The summed E-state index contributed by atoms with van der Waals surface area (Å²) in [6, 6.07) is 1.20. The molecule has 2 unspecified atom stereocenters. The third kappa shape index (κ3) is 3.48. The number of rotatable bonds is 2. The van der Waals surface area contributed by atoms with Crippen LogP contribution < -0.4 is 10.0 Å². The molecule has 144 valence electrons. The van der Waals surface area contributed by atoms with Crippen LogP contribution in [0.15, 0.2) is 23.1 Å². The number of sulfonamides is 1. The number of benzene rings is 1. The number of morpholine rings is 1. The molecule has 0 aromatic heterocycles. The molecule has 1 aromatic rings. The molecule has 1 amide bonds. The Bertz CT molecular complexity index is 815. The maximum atomic E-state index is 13.1. The van der Waals surface area contributed by atoms with E-state index in [-0.39, 0.29) is 25.4 Å². The predicted octanol–water partition coefficient (Wildman–Crippen LogP) is 0.932. The molecule has 3 rings (SSSR count). The monoisotopic (exact) mass is 397 g/mol. The Balaban J connectivity index is 1.92. The van der Waals surface area contributed by atoms with Gasteiger partial charge in [0.15, 0.2) is 6.17 Å². The quantitative estimate of drug-likeness (QED) is 0.725. The van der Waals surface area contributed by atoms with E-state index in [0.29, 0.717) is 12.1 Å². The molecular weight excluding hydrogens is 382 g/mol. The molecule has 0 radical (unpaired) electrons. The van der Waals surface area contributed by atoms with Crippen molar-refractivity contribution in [2.24, 2.45) is 0 Å². The zero-order valence-corrected chi connectivity index (χ0v) is 14.0. The van der Waals surface area contributed by atoms with Crippen LogP contribution in [-0.2, 0) is 25.7 Å². The summed E-state index contributed by atoms with van der Waals surface area (Å²) < 4.78 is 83.4. The summed E-state index contributed by atoms with van der Waals surface area (Å²) in [6.45, 7) is -0.740. The van der Waals surface area contributed by atoms with Crippen LogP contribution in [0.2, 0.25) is 0 Å². The standard InChI is InChI=1S/C14H15F4N3O4S/c15-6-9-7-25-4-3-21(9)13(22)12-19-10-5-8(14(16,17)18)1-2-11(10)26(23,24)20-12/h1-2,5,9,12,19-20H,3-4,6-7H2. The van der Waals surface area contributed by atoms with Crippen molar-refractivity contribution in [2.75, 3.05) is 31.7 Å². The van der Waals surface area contributed by atoms with Gasteiger partial charge >= 0.3 is 6.18 Å². The first-order valence-electron chi connectivity index (χ1n) is 7.58. The van der Waals surface area contributed by atoms with E-state index in [1.165, 1.54) is 0 Å². The van der Waals surface area contributed by atoms with Gasteiger partial charge in [0.25, 0.3) is 5.91 Å². The number of hydrogen-bond acceptors (Lipinski definition) is 5. The van der Waals surface area contributed by atoms with Crippen molar-refractivity contribution in [2.45, 2.75) is 23.3 Å². The molecule has 2 N–H and O–H groups in total. The second-order valence-corrected chi connectivity index (χ2v) is 7.50. The highest BCUT2D eigenvalue weighted by Crippen LogP contribution is 2.35. The number of halogens is 4. The molecule has 1 aromatic carbocycles. The van der Waals surface area contributed by atoms with E-state index < -0.39 is 51.4 Å². The van der Waals surface area contributed by atoms with Crippen molar-refractivity contribution >= 4 is 21.6 Å². The van der Waals surface area contributed by atoms with Crippen LogP contribution in [0.1, 0.15) is 5.56 Å². The first kappa shape index (κ1) is 18.9. The normalized spacial score (nSPS) is 25.3. The van der Waals surface area contributed by atoms with Crippen LogP contribution in [0.25, 0.3) is 0 Å². The summed E-state index contributed by atoms with van der Waals surface area (Å²) in [4.78, 5) is 13.3. The number of alkyl halides is 4. The van der Waals surface area contributed by atoms with Crippen molar-refractivity contribution in [3.63, 3.8) is 0 Å². The minimum Gasteiger partial charge on any atom is -0.377 e. The molecular formula is C14H15F4N3O4S. The minimum absolute atomic E-state index is 0.0444. The number of nitrogens with zero attached hydrogens (tertiary/aromatic N) is 1. The molecule has 7 nitrogen and oxygen atoms in total. The summed E-state index contributed by atoms with van der Waals surface area (Å²) in [6.07, 6.45) is -6.21. The average molecular weight is 397 g/mol. The average Bonchev–Trinajstić information content (AvgIpc) is 2.59. The second-order valence-electron chi connectivity index (χ2n) is 5.82. The summed E-state index contributed by atoms with van der Waals surface area (Å²) in [7, 11) is -4.21. The van der Waals surface area contributed by atoms with Crippen LogP contribution in [-0.4, -0.2) is 57.9 Å². The number of ether oxygens (including phenoxy) is 1. The lowest BCUT2D eigenvalue weighted by Gasteiger charge is -2.37. The predicted molar refractivity (Wildman–Crippen MR) is 81.5 cm³/mol. The summed E-state index contributed by atoms with van der Waals surface area (Å²) in [5, 5.41) is 2.46. The van der Waals surface area contributed by atoms with Gasteiger partial charge < -0.3 is 15.0 Å². The SMILES string of the molecule is O=C(C1Nc2cc(C(F)(F)F)ccc2S(=O)(=O)N1)N1CCOCC1CF. The lowest BCUT2D eigenvalue weighted by atomic mass is 10.1. The Hall–Kier alpha value is -1.92. The van der Waals surface area contributed by atoms with E-state index in [1.807, 2.05) is 0 Å². The molecule has 1 fully saturated rings. The highest BCUT2D eigenvalue weighted by atomic mass is 32.2. The molecule has 0 spiro atoms. The van der Waals surface area contributed by atoms with Gasteiger partial charge in [0.2, 0.25) is 10.0 Å². The molecule has 2 atom stereocenters.